The molecule has 5 atom stereocenters. The molecule has 9 nitrogen and oxygen atoms in total. The van der Waals surface area contributed by atoms with Gasteiger partial charge in [-0.3, -0.25) is 9.59 Å². The van der Waals surface area contributed by atoms with E-state index in [4.69, 9.17) is 4.74 Å². The number of fused-ring (bicyclic) bond motifs is 1. The molecule has 0 aliphatic carbocycles. The van der Waals surface area contributed by atoms with Gasteiger partial charge < -0.3 is 30.5 Å². The Balaban J connectivity index is 1.83. The van der Waals surface area contributed by atoms with Crippen molar-refractivity contribution in [2.75, 3.05) is 27.2 Å². The maximum atomic E-state index is 13.9. The monoisotopic (exact) mass is 491 g/mol. The van der Waals surface area contributed by atoms with Gasteiger partial charge in [0.1, 0.15) is 11.9 Å². The van der Waals surface area contributed by atoms with Crippen molar-refractivity contribution in [2.24, 2.45) is 5.41 Å². The van der Waals surface area contributed by atoms with Gasteiger partial charge in [0, 0.05) is 13.6 Å². The summed E-state index contributed by atoms with van der Waals surface area (Å²) >= 11 is 0. The van der Waals surface area contributed by atoms with E-state index in [-0.39, 0.29) is 42.4 Å². The molecule has 0 radical (unpaired) electrons. The van der Waals surface area contributed by atoms with Gasteiger partial charge in [-0.25, -0.2) is 9.18 Å². The fraction of sp³-hybridized carbons (Fsp3) is 0.640. The number of carbonyl (C=O) groups is 3. The van der Waals surface area contributed by atoms with Crippen molar-refractivity contribution in [1.82, 2.24) is 25.8 Å². The van der Waals surface area contributed by atoms with Gasteiger partial charge in [-0.15, -0.1) is 0 Å². The highest BCUT2D eigenvalue weighted by Crippen LogP contribution is 2.36. The van der Waals surface area contributed by atoms with Gasteiger partial charge in [0.15, 0.2) is 0 Å². The number of rotatable bonds is 7. The van der Waals surface area contributed by atoms with E-state index >= 15 is 0 Å². The van der Waals surface area contributed by atoms with E-state index in [1.165, 1.54) is 12.1 Å². The molecule has 2 saturated heterocycles. The SMILES string of the molecule is CNC(=O)N1CC(OCc2ccc(F)cc2)C2C1CCN2C(=O)C(NC(=O)C(C)NC)C(C)(C)C. The number of amides is 4. The number of likely N-dealkylation sites (N-methyl/N-ethyl adjacent to an activating group) is 1. The van der Waals surface area contributed by atoms with Crippen LogP contribution in [0.25, 0.3) is 0 Å². The zero-order valence-corrected chi connectivity index (χ0v) is 21.4. The molecule has 3 rings (SSSR count). The molecule has 10 heteroatoms. The topological polar surface area (TPSA) is 103 Å². The molecule has 0 bridgehead atoms. The van der Waals surface area contributed by atoms with Crippen LogP contribution in [-0.2, 0) is 20.9 Å². The molecule has 2 aliphatic rings. The third kappa shape index (κ3) is 5.92. The molecule has 0 spiro atoms. The maximum absolute atomic E-state index is 13.9. The van der Waals surface area contributed by atoms with E-state index in [9.17, 15) is 18.8 Å². The second-order valence-corrected chi connectivity index (χ2v) is 10.4. The van der Waals surface area contributed by atoms with Crippen molar-refractivity contribution < 1.29 is 23.5 Å². The molecule has 35 heavy (non-hydrogen) atoms. The Kier molecular flexibility index (Phi) is 8.38. The largest absolute Gasteiger partial charge is 0.369 e. The van der Waals surface area contributed by atoms with Crippen LogP contribution in [0.3, 0.4) is 0 Å². The summed E-state index contributed by atoms with van der Waals surface area (Å²) in [7, 11) is 3.27. The molecule has 3 N–H and O–H groups in total. The summed E-state index contributed by atoms with van der Waals surface area (Å²) in [4.78, 5) is 42.6. The fourth-order valence-corrected chi connectivity index (χ4v) is 4.81. The van der Waals surface area contributed by atoms with E-state index in [1.54, 1.807) is 43.0 Å². The number of benzene rings is 1. The first-order valence-corrected chi connectivity index (χ1v) is 12.1. The van der Waals surface area contributed by atoms with Gasteiger partial charge in [0.2, 0.25) is 11.8 Å². The van der Waals surface area contributed by atoms with Crippen LogP contribution in [0, 0.1) is 11.2 Å². The second kappa shape index (κ2) is 10.9. The van der Waals surface area contributed by atoms with Crippen LogP contribution in [0.15, 0.2) is 24.3 Å². The number of ether oxygens (including phenoxy) is 1. The first-order chi connectivity index (χ1) is 16.5. The number of hydrogen-bond acceptors (Lipinski definition) is 5. The minimum Gasteiger partial charge on any atom is -0.369 e. The molecule has 1 aromatic rings. The summed E-state index contributed by atoms with van der Waals surface area (Å²) in [5.41, 5.74) is 0.278. The van der Waals surface area contributed by atoms with Crippen LogP contribution in [0.5, 0.6) is 0 Å². The number of carbonyl (C=O) groups excluding carboxylic acids is 3. The fourth-order valence-electron chi connectivity index (χ4n) is 4.81. The van der Waals surface area contributed by atoms with E-state index in [1.807, 2.05) is 20.8 Å². The quantitative estimate of drug-likeness (QED) is 0.536. The highest BCUT2D eigenvalue weighted by Gasteiger charge is 2.54. The van der Waals surface area contributed by atoms with E-state index in [0.717, 1.165) is 5.56 Å². The van der Waals surface area contributed by atoms with Crippen LogP contribution in [0.4, 0.5) is 9.18 Å². The van der Waals surface area contributed by atoms with E-state index in [2.05, 4.69) is 16.0 Å². The lowest BCUT2D eigenvalue weighted by Crippen LogP contribution is -2.59. The number of urea groups is 1. The molecule has 194 valence electrons. The minimum atomic E-state index is -0.739. The normalized spacial score (nSPS) is 23.6. The number of nitrogens with zero attached hydrogens (tertiary/aromatic N) is 2. The Morgan fingerprint density at radius 1 is 1.14 bits per heavy atom. The highest BCUT2D eigenvalue weighted by atomic mass is 19.1. The van der Waals surface area contributed by atoms with Crippen molar-refractivity contribution in [3.8, 4) is 0 Å². The summed E-state index contributed by atoms with van der Waals surface area (Å²) in [6.07, 6.45) is 0.208. The lowest BCUT2D eigenvalue weighted by Gasteiger charge is -2.37. The average molecular weight is 492 g/mol. The lowest BCUT2D eigenvalue weighted by atomic mass is 9.85. The van der Waals surface area contributed by atoms with Gasteiger partial charge in [-0.1, -0.05) is 32.9 Å². The third-order valence-electron chi connectivity index (χ3n) is 6.94. The molecule has 2 aliphatic heterocycles. The van der Waals surface area contributed by atoms with Gasteiger partial charge in [-0.05, 0) is 43.5 Å². The van der Waals surface area contributed by atoms with Crippen molar-refractivity contribution in [1.29, 1.82) is 0 Å². The molecule has 5 unspecified atom stereocenters. The number of halogens is 1. The van der Waals surface area contributed by atoms with Gasteiger partial charge in [-0.2, -0.15) is 0 Å². The Morgan fingerprint density at radius 3 is 2.37 bits per heavy atom. The summed E-state index contributed by atoms with van der Waals surface area (Å²) in [5.74, 6) is -0.759. The molecule has 0 saturated carbocycles. The number of nitrogens with one attached hydrogen (secondary N) is 3. The van der Waals surface area contributed by atoms with Crippen LogP contribution in [-0.4, -0.2) is 85.1 Å². The van der Waals surface area contributed by atoms with Crippen LogP contribution in [0.1, 0.15) is 39.7 Å². The molecular formula is C25H38FN5O4. The van der Waals surface area contributed by atoms with Gasteiger partial charge in [0.05, 0.1) is 37.4 Å². The Hall–Kier alpha value is -2.72. The minimum absolute atomic E-state index is 0.184. The third-order valence-corrected chi connectivity index (χ3v) is 6.94. The Bertz CT molecular complexity index is 919. The van der Waals surface area contributed by atoms with Crippen LogP contribution < -0.4 is 16.0 Å². The molecule has 0 aromatic heterocycles. The first-order valence-electron chi connectivity index (χ1n) is 12.1. The van der Waals surface area contributed by atoms with Crippen molar-refractivity contribution in [3.05, 3.63) is 35.6 Å². The second-order valence-electron chi connectivity index (χ2n) is 10.4. The van der Waals surface area contributed by atoms with Crippen LogP contribution >= 0.6 is 0 Å². The smallest absolute Gasteiger partial charge is 0.317 e. The Morgan fingerprint density at radius 2 is 1.80 bits per heavy atom. The Labute approximate surface area is 206 Å². The summed E-state index contributed by atoms with van der Waals surface area (Å²) in [6.45, 7) is 8.52. The lowest BCUT2D eigenvalue weighted by molar-refractivity contribution is -0.142. The zero-order chi connectivity index (χ0) is 25.9. The maximum Gasteiger partial charge on any atom is 0.317 e. The van der Waals surface area contributed by atoms with E-state index < -0.39 is 23.6 Å². The molecule has 2 heterocycles. The van der Waals surface area contributed by atoms with Gasteiger partial charge in [0.25, 0.3) is 0 Å². The van der Waals surface area contributed by atoms with E-state index in [0.29, 0.717) is 19.5 Å². The highest BCUT2D eigenvalue weighted by molar-refractivity contribution is 5.90. The predicted octanol–water partition coefficient (Wildman–Crippen LogP) is 1.47. The molecular weight excluding hydrogens is 453 g/mol. The van der Waals surface area contributed by atoms with Crippen LogP contribution in [0.2, 0.25) is 0 Å². The standard InChI is InChI=1S/C25H38FN5O4/c1-15(27-5)22(32)29-21(25(2,3)4)23(33)30-12-11-18-20(30)19(13-31(18)24(34)28-6)35-14-16-7-9-17(26)10-8-16/h7-10,15,18-21,27H,11-14H2,1-6H3,(H,28,34)(H,29,32). The van der Waals surface area contributed by atoms with Crippen molar-refractivity contribution in [2.45, 2.75) is 71.0 Å². The summed E-state index contributed by atoms with van der Waals surface area (Å²) in [5, 5.41) is 8.51. The van der Waals surface area contributed by atoms with Crippen molar-refractivity contribution >= 4 is 17.8 Å². The molecule has 2 fully saturated rings. The number of likely N-dealkylation sites (tertiary alicyclic amines) is 2. The summed E-state index contributed by atoms with van der Waals surface area (Å²) in [6, 6.07) is 4.13. The summed E-state index contributed by atoms with van der Waals surface area (Å²) < 4.78 is 19.5. The average Bonchev–Trinajstić information content (AvgIpc) is 3.40. The zero-order valence-electron chi connectivity index (χ0n) is 21.4. The predicted molar refractivity (Wildman–Crippen MR) is 130 cm³/mol. The first kappa shape index (κ1) is 26.9. The number of hydrogen-bond donors (Lipinski definition) is 3. The molecule has 4 amide bonds. The molecule has 1 aromatic carbocycles. The van der Waals surface area contributed by atoms with Crippen molar-refractivity contribution in [3.63, 3.8) is 0 Å². The van der Waals surface area contributed by atoms with Gasteiger partial charge >= 0.3 is 6.03 Å².